The van der Waals surface area contributed by atoms with Gasteiger partial charge in [0.2, 0.25) is 11.8 Å². The maximum absolute atomic E-state index is 11.7. The van der Waals surface area contributed by atoms with Crippen LogP contribution >= 0.6 is 12.4 Å². The Hall–Kier alpha value is -0.810. The average Bonchev–Trinajstić information content (AvgIpc) is 2.72. The molecule has 2 amide bonds. The smallest absolute Gasteiger partial charge is 0.239 e. The molecular weight excluding hydrogens is 254 g/mol. The van der Waals surface area contributed by atoms with Gasteiger partial charge in [-0.3, -0.25) is 9.59 Å². The molecule has 1 fully saturated rings. The first-order valence-electron chi connectivity index (χ1n) is 6.34. The molecule has 0 aromatic rings. The summed E-state index contributed by atoms with van der Waals surface area (Å²) in [5, 5.41) is 2.81. The standard InChI is InChI=1S/C12H23N3O2.ClH/c1-3-12(13,4-2)9-14-10(16)8-15-7-5-6-11(15)17;/h3-9,13H2,1-2H3,(H,14,16);1H. The van der Waals surface area contributed by atoms with E-state index in [-0.39, 0.29) is 36.3 Å². The number of amides is 2. The molecule has 1 aliphatic heterocycles. The Balaban J connectivity index is 0.00000289. The first kappa shape index (κ1) is 17.2. The lowest BCUT2D eigenvalue weighted by molar-refractivity contribution is -0.133. The van der Waals surface area contributed by atoms with E-state index in [0.717, 1.165) is 19.3 Å². The summed E-state index contributed by atoms with van der Waals surface area (Å²) in [6.07, 6.45) is 3.08. The third kappa shape index (κ3) is 4.82. The van der Waals surface area contributed by atoms with E-state index in [0.29, 0.717) is 19.5 Å². The minimum Gasteiger partial charge on any atom is -0.353 e. The molecule has 1 saturated heterocycles. The number of nitrogens with two attached hydrogens (primary N) is 1. The van der Waals surface area contributed by atoms with Crippen LogP contribution < -0.4 is 11.1 Å². The van der Waals surface area contributed by atoms with Gasteiger partial charge in [0.05, 0.1) is 6.54 Å². The number of halogens is 1. The van der Waals surface area contributed by atoms with Gasteiger partial charge < -0.3 is 16.0 Å². The van der Waals surface area contributed by atoms with Crippen LogP contribution in [-0.4, -0.2) is 41.9 Å². The number of likely N-dealkylation sites (tertiary alicyclic amines) is 1. The molecular formula is C12H24ClN3O2. The Labute approximate surface area is 115 Å². The summed E-state index contributed by atoms with van der Waals surface area (Å²) in [5.41, 5.74) is 5.76. The van der Waals surface area contributed by atoms with Crippen LogP contribution in [0.3, 0.4) is 0 Å². The van der Waals surface area contributed by atoms with Gasteiger partial charge in [-0.2, -0.15) is 0 Å². The van der Waals surface area contributed by atoms with Gasteiger partial charge in [0.25, 0.3) is 0 Å². The molecule has 0 unspecified atom stereocenters. The Morgan fingerprint density at radius 2 is 2.06 bits per heavy atom. The zero-order valence-corrected chi connectivity index (χ0v) is 12.0. The van der Waals surface area contributed by atoms with Gasteiger partial charge in [-0.1, -0.05) is 13.8 Å². The number of carbonyl (C=O) groups excluding carboxylic acids is 2. The number of hydrogen-bond acceptors (Lipinski definition) is 3. The van der Waals surface area contributed by atoms with Crippen LogP contribution in [0.5, 0.6) is 0 Å². The summed E-state index contributed by atoms with van der Waals surface area (Å²) in [4.78, 5) is 24.6. The van der Waals surface area contributed by atoms with Crippen molar-refractivity contribution in [3.8, 4) is 0 Å². The van der Waals surface area contributed by atoms with E-state index < -0.39 is 0 Å². The third-order valence-electron chi connectivity index (χ3n) is 3.55. The topological polar surface area (TPSA) is 75.4 Å². The summed E-state index contributed by atoms with van der Waals surface area (Å²) in [5.74, 6) is -0.0397. The third-order valence-corrected chi connectivity index (χ3v) is 3.55. The van der Waals surface area contributed by atoms with Gasteiger partial charge in [0, 0.05) is 25.0 Å². The molecule has 0 bridgehead atoms. The van der Waals surface area contributed by atoms with Gasteiger partial charge in [-0.05, 0) is 19.3 Å². The fourth-order valence-corrected chi connectivity index (χ4v) is 1.88. The average molecular weight is 278 g/mol. The van der Waals surface area contributed by atoms with Crippen LogP contribution in [-0.2, 0) is 9.59 Å². The minimum absolute atomic E-state index is 0. The van der Waals surface area contributed by atoms with E-state index in [1.54, 1.807) is 4.90 Å². The van der Waals surface area contributed by atoms with Crippen LogP contribution in [0.4, 0.5) is 0 Å². The Bertz CT molecular complexity index is 293. The molecule has 1 aliphatic rings. The highest BCUT2D eigenvalue weighted by molar-refractivity contribution is 5.86. The second-order valence-corrected chi connectivity index (χ2v) is 4.77. The van der Waals surface area contributed by atoms with Crippen molar-refractivity contribution in [2.75, 3.05) is 19.6 Å². The van der Waals surface area contributed by atoms with E-state index in [9.17, 15) is 9.59 Å². The molecule has 3 N–H and O–H groups in total. The predicted molar refractivity (Wildman–Crippen MR) is 73.6 cm³/mol. The van der Waals surface area contributed by atoms with Crippen molar-refractivity contribution in [1.29, 1.82) is 0 Å². The SMILES string of the molecule is CCC(N)(CC)CNC(=O)CN1CCCC1=O.Cl. The molecule has 0 radical (unpaired) electrons. The number of hydrogen-bond donors (Lipinski definition) is 2. The lowest BCUT2D eigenvalue weighted by atomic mass is 9.94. The van der Waals surface area contributed by atoms with Crippen molar-refractivity contribution >= 4 is 24.2 Å². The first-order chi connectivity index (χ1) is 8.00. The Morgan fingerprint density at radius 1 is 1.44 bits per heavy atom. The summed E-state index contributed by atoms with van der Waals surface area (Å²) in [7, 11) is 0. The normalized spacial score (nSPS) is 15.5. The van der Waals surface area contributed by atoms with Crippen molar-refractivity contribution < 1.29 is 9.59 Å². The summed E-state index contributed by atoms with van der Waals surface area (Å²) >= 11 is 0. The van der Waals surface area contributed by atoms with Gasteiger partial charge in [0.1, 0.15) is 0 Å². The van der Waals surface area contributed by atoms with Crippen LogP contribution in [0.25, 0.3) is 0 Å². The van der Waals surface area contributed by atoms with Crippen molar-refractivity contribution in [2.45, 2.75) is 45.1 Å². The van der Waals surface area contributed by atoms with Crippen LogP contribution in [0.15, 0.2) is 0 Å². The molecule has 1 heterocycles. The highest BCUT2D eigenvalue weighted by Gasteiger charge is 2.24. The van der Waals surface area contributed by atoms with Crippen molar-refractivity contribution in [3.63, 3.8) is 0 Å². The first-order valence-corrected chi connectivity index (χ1v) is 6.34. The van der Waals surface area contributed by atoms with Gasteiger partial charge >= 0.3 is 0 Å². The number of carbonyl (C=O) groups is 2. The molecule has 0 aromatic carbocycles. The zero-order chi connectivity index (χ0) is 12.9. The van der Waals surface area contributed by atoms with E-state index in [4.69, 9.17) is 5.73 Å². The molecule has 0 saturated carbocycles. The molecule has 0 atom stereocenters. The van der Waals surface area contributed by atoms with E-state index in [2.05, 4.69) is 5.32 Å². The maximum atomic E-state index is 11.7. The zero-order valence-electron chi connectivity index (χ0n) is 11.2. The molecule has 5 nitrogen and oxygen atoms in total. The fraction of sp³-hybridized carbons (Fsp3) is 0.833. The quantitative estimate of drug-likeness (QED) is 0.749. The van der Waals surface area contributed by atoms with E-state index in [1.807, 2.05) is 13.8 Å². The second-order valence-electron chi connectivity index (χ2n) is 4.77. The van der Waals surface area contributed by atoms with Crippen LogP contribution in [0.1, 0.15) is 39.5 Å². The summed E-state index contributed by atoms with van der Waals surface area (Å²) < 4.78 is 0. The molecule has 18 heavy (non-hydrogen) atoms. The van der Waals surface area contributed by atoms with Crippen molar-refractivity contribution in [2.24, 2.45) is 5.73 Å². The summed E-state index contributed by atoms with van der Waals surface area (Å²) in [6.45, 7) is 5.37. The molecule has 0 spiro atoms. The number of nitrogens with zero attached hydrogens (tertiary/aromatic N) is 1. The van der Waals surface area contributed by atoms with Gasteiger partial charge in [-0.15, -0.1) is 12.4 Å². The van der Waals surface area contributed by atoms with Crippen molar-refractivity contribution in [3.05, 3.63) is 0 Å². The molecule has 0 aromatic heterocycles. The minimum atomic E-state index is -0.329. The predicted octanol–water partition coefficient (Wildman–Crippen LogP) is 0.664. The number of nitrogens with one attached hydrogen (secondary N) is 1. The maximum Gasteiger partial charge on any atom is 0.239 e. The van der Waals surface area contributed by atoms with Crippen LogP contribution in [0.2, 0.25) is 0 Å². The highest BCUT2D eigenvalue weighted by Crippen LogP contribution is 2.10. The molecule has 0 aliphatic carbocycles. The molecule has 6 heteroatoms. The number of rotatable bonds is 6. The molecule has 1 rings (SSSR count). The highest BCUT2D eigenvalue weighted by atomic mass is 35.5. The summed E-state index contributed by atoms with van der Waals surface area (Å²) in [6, 6.07) is 0. The van der Waals surface area contributed by atoms with Crippen LogP contribution in [0, 0.1) is 0 Å². The van der Waals surface area contributed by atoms with E-state index in [1.165, 1.54) is 0 Å². The lowest BCUT2D eigenvalue weighted by Gasteiger charge is -2.27. The van der Waals surface area contributed by atoms with E-state index >= 15 is 0 Å². The molecule has 106 valence electrons. The second kappa shape index (κ2) is 7.59. The van der Waals surface area contributed by atoms with Gasteiger partial charge in [-0.25, -0.2) is 0 Å². The lowest BCUT2D eigenvalue weighted by Crippen LogP contribution is -2.51. The monoisotopic (exact) mass is 277 g/mol. The van der Waals surface area contributed by atoms with Gasteiger partial charge in [0.15, 0.2) is 0 Å². The van der Waals surface area contributed by atoms with Crippen molar-refractivity contribution in [1.82, 2.24) is 10.2 Å². The largest absolute Gasteiger partial charge is 0.353 e. The Kier molecular flexibility index (Phi) is 7.25. The Morgan fingerprint density at radius 3 is 2.50 bits per heavy atom. The fourth-order valence-electron chi connectivity index (χ4n) is 1.88.